The standard InChI is InChI=1S/C15H29NO2/c1-5-12(3)10-13(6-2)16-9-7-8-15(4,11-16)14(17)18/h12-13H,5-11H2,1-4H3,(H,17,18). The third-order valence-corrected chi connectivity index (χ3v) is 4.60. The van der Waals surface area contributed by atoms with E-state index >= 15 is 0 Å². The van der Waals surface area contributed by atoms with Crippen molar-refractivity contribution in [2.45, 2.75) is 65.8 Å². The van der Waals surface area contributed by atoms with Gasteiger partial charge in [0.15, 0.2) is 0 Å². The Balaban J connectivity index is 2.66. The lowest BCUT2D eigenvalue weighted by Crippen LogP contribution is -2.50. The van der Waals surface area contributed by atoms with Crippen LogP contribution in [0.25, 0.3) is 0 Å². The van der Waals surface area contributed by atoms with Crippen LogP contribution in [0, 0.1) is 11.3 Å². The number of likely N-dealkylation sites (tertiary alicyclic amines) is 1. The van der Waals surface area contributed by atoms with Gasteiger partial charge >= 0.3 is 5.97 Å². The van der Waals surface area contributed by atoms with Gasteiger partial charge in [-0.05, 0) is 45.1 Å². The molecule has 0 saturated carbocycles. The molecule has 0 aliphatic carbocycles. The van der Waals surface area contributed by atoms with Gasteiger partial charge in [-0.25, -0.2) is 0 Å². The molecule has 0 radical (unpaired) electrons. The molecule has 0 aromatic rings. The first-order valence-electron chi connectivity index (χ1n) is 7.40. The smallest absolute Gasteiger partial charge is 0.310 e. The van der Waals surface area contributed by atoms with Crippen LogP contribution in [0.4, 0.5) is 0 Å². The number of carboxylic acids is 1. The maximum atomic E-state index is 11.4. The Bertz CT molecular complexity index is 280. The molecular formula is C15H29NO2. The summed E-state index contributed by atoms with van der Waals surface area (Å²) in [6.45, 7) is 10.4. The van der Waals surface area contributed by atoms with E-state index in [0.29, 0.717) is 6.04 Å². The Hall–Kier alpha value is -0.570. The van der Waals surface area contributed by atoms with Gasteiger partial charge < -0.3 is 5.11 Å². The first-order valence-corrected chi connectivity index (χ1v) is 7.40. The van der Waals surface area contributed by atoms with Crippen LogP contribution in [0.1, 0.15) is 59.8 Å². The van der Waals surface area contributed by atoms with E-state index in [1.165, 1.54) is 12.8 Å². The van der Waals surface area contributed by atoms with Gasteiger partial charge in [0.05, 0.1) is 5.41 Å². The fraction of sp³-hybridized carbons (Fsp3) is 0.933. The average Bonchev–Trinajstić information content (AvgIpc) is 2.35. The highest BCUT2D eigenvalue weighted by molar-refractivity contribution is 5.74. The number of nitrogens with zero attached hydrogens (tertiary/aromatic N) is 1. The fourth-order valence-corrected chi connectivity index (χ4v) is 2.97. The molecular weight excluding hydrogens is 226 g/mol. The van der Waals surface area contributed by atoms with Crippen LogP contribution in [0.3, 0.4) is 0 Å². The third kappa shape index (κ3) is 3.71. The van der Waals surface area contributed by atoms with E-state index in [2.05, 4.69) is 25.7 Å². The van der Waals surface area contributed by atoms with Crippen molar-refractivity contribution < 1.29 is 9.90 Å². The molecule has 1 saturated heterocycles. The van der Waals surface area contributed by atoms with Gasteiger partial charge in [0.2, 0.25) is 0 Å². The molecule has 0 aromatic carbocycles. The zero-order chi connectivity index (χ0) is 13.8. The second kappa shape index (κ2) is 6.55. The van der Waals surface area contributed by atoms with Crippen LogP contribution in [-0.4, -0.2) is 35.1 Å². The molecule has 18 heavy (non-hydrogen) atoms. The van der Waals surface area contributed by atoms with Gasteiger partial charge in [0.25, 0.3) is 0 Å². The first kappa shape index (κ1) is 15.5. The molecule has 3 unspecified atom stereocenters. The van der Waals surface area contributed by atoms with Crippen molar-refractivity contribution in [1.82, 2.24) is 4.90 Å². The minimum absolute atomic E-state index is 0.541. The molecule has 0 aromatic heterocycles. The second-order valence-corrected chi connectivity index (χ2v) is 6.25. The van der Waals surface area contributed by atoms with Crippen LogP contribution < -0.4 is 0 Å². The van der Waals surface area contributed by atoms with Crippen molar-refractivity contribution in [3.05, 3.63) is 0 Å². The van der Waals surface area contributed by atoms with Crippen LogP contribution in [0.15, 0.2) is 0 Å². The molecule has 1 N–H and O–H groups in total. The summed E-state index contributed by atoms with van der Waals surface area (Å²) in [4.78, 5) is 13.8. The maximum Gasteiger partial charge on any atom is 0.310 e. The predicted molar refractivity (Wildman–Crippen MR) is 74.7 cm³/mol. The van der Waals surface area contributed by atoms with Crippen molar-refractivity contribution in [2.75, 3.05) is 13.1 Å². The number of rotatable bonds is 6. The Morgan fingerprint density at radius 3 is 2.56 bits per heavy atom. The van der Waals surface area contributed by atoms with E-state index in [1.54, 1.807) is 0 Å². The van der Waals surface area contributed by atoms with Gasteiger partial charge in [-0.15, -0.1) is 0 Å². The topological polar surface area (TPSA) is 40.5 Å². The van der Waals surface area contributed by atoms with E-state index < -0.39 is 11.4 Å². The Morgan fingerprint density at radius 1 is 1.39 bits per heavy atom. The van der Waals surface area contributed by atoms with Crippen LogP contribution in [-0.2, 0) is 4.79 Å². The molecule has 1 rings (SSSR count). The highest BCUT2D eigenvalue weighted by atomic mass is 16.4. The van der Waals surface area contributed by atoms with Gasteiger partial charge in [-0.3, -0.25) is 9.69 Å². The van der Waals surface area contributed by atoms with Crippen molar-refractivity contribution in [3.63, 3.8) is 0 Å². The van der Waals surface area contributed by atoms with E-state index in [-0.39, 0.29) is 0 Å². The van der Waals surface area contributed by atoms with Gasteiger partial charge in [-0.1, -0.05) is 27.2 Å². The minimum atomic E-state index is -0.634. The van der Waals surface area contributed by atoms with Crippen molar-refractivity contribution in [2.24, 2.45) is 11.3 Å². The summed E-state index contributed by atoms with van der Waals surface area (Å²) in [5.74, 6) is 0.0959. The fourth-order valence-electron chi connectivity index (χ4n) is 2.97. The summed E-state index contributed by atoms with van der Waals surface area (Å²) in [7, 11) is 0. The molecule has 3 heteroatoms. The molecule has 1 aliphatic heterocycles. The van der Waals surface area contributed by atoms with E-state index in [0.717, 1.165) is 38.3 Å². The lowest BCUT2D eigenvalue weighted by Gasteiger charge is -2.42. The highest BCUT2D eigenvalue weighted by Gasteiger charge is 2.39. The Morgan fingerprint density at radius 2 is 2.06 bits per heavy atom. The lowest BCUT2D eigenvalue weighted by atomic mass is 9.80. The van der Waals surface area contributed by atoms with E-state index in [9.17, 15) is 9.90 Å². The molecule has 1 fully saturated rings. The summed E-state index contributed by atoms with van der Waals surface area (Å²) < 4.78 is 0. The van der Waals surface area contributed by atoms with Crippen LogP contribution in [0.2, 0.25) is 0 Å². The monoisotopic (exact) mass is 255 g/mol. The Labute approximate surface area is 112 Å². The van der Waals surface area contributed by atoms with Gasteiger partial charge in [-0.2, -0.15) is 0 Å². The SMILES string of the molecule is CCC(C)CC(CC)N1CCCC(C)(C(=O)O)C1. The zero-order valence-corrected chi connectivity index (χ0v) is 12.4. The summed E-state index contributed by atoms with van der Waals surface area (Å²) in [5.41, 5.74) is -0.541. The molecule has 0 spiro atoms. The minimum Gasteiger partial charge on any atom is -0.481 e. The summed E-state index contributed by atoms with van der Waals surface area (Å²) >= 11 is 0. The normalized spacial score (nSPS) is 28.9. The molecule has 1 aliphatic rings. The first-order chi connectivity index (χ1) is 8.42. The zero-order valence-electron chi connectivity index (χ0n) is 12.4. The molecule has 106 valence electrons. The number of carboxylic acid groups (broad SMARTS) is 1. The molecule has 3 nitrogen and oxygen atoms in total. The largest absolute Gasteiger partial charge is 0.481 e. The van der Waals surface area contributed by atoms with Gasteiger partial charge in [0, 0.05) is 12.6 Å². The predicted octanol–water partition coefficient (Wildman–Crippen LogP) is 3.39. The van der Waals surface area contributed by atoms with Crippen molar-refractivity contribution in [1.29, 1.82) is 0 Å². The molecule has 1 heterocycles. The number of piperidine rings is 1. The summed E-state index contributed by atoms with van der Waals surface area (Å²) in [6.07, 6.45) is 5.36. The molecule has 3 atom stereocenters. The van der Waals surface area contributed by atoms with Gasteiger partial charge in [0.1, 0.15) is 0 Å². The Kier molecular flexibility index (Phi) is 5.64. The van der Waals surface area contributed by atoms with Crippen molar-refractivity contribution >= 4 is 5.97 Å². The summed E-state index contributed by atoms with van der Waals surface area (Å²) in [5, 5.41) is 9.37. The highest BCUT2D eigenvalue weighted by Crippen LogP contribution is 2.32. The van der Waals surface area contributed by atoms with Crippen LogP contribution in [0.5, 0.6) is 0 Å². The quantitative estimate of drug-likeness (QED) is 0.791. The average molecular weight is 255 g/mol. The van der Waals surface area contributed by atoms with Crippen LogP contribution >= 0.6 is 0 Å². The number of hydrogen-bond donors (Lipinski definition) is 1. The molecule has 0 bridgehead atoms. The van der Waals surface area contributed by atoms with Crippen molar-refractivity contribution in [3.8, 4) is 0 Å². The maximum absolute atomic E-state index is 11.4. The number of hydrogen-bond acceptors (Lipinski definition) is 2. The second-order valence-electron chi connectivity index (χ2n) is 6.25. The summed E-state index contributed by atoms with van der Waals surface area (Å²) in [6, 6.07) is 0.555. The molecule has 0 amide bonds. The van der Waals surface area contributed by atoms with E-state index in [4.69, 9.17) is 0 Å². The lowest BCUT2D eigenvalue weighted by molar-refractivity contribution is -0.151. The number of aliphatic carboxylic acids is 1. The third-order valence-electron chi connectivity index (χ3n) is 4.60. The number of carbonyl (C=O) groups is 1. The van der Waals surface area contributed by atoms with E-state index in [1.807, 2.05) is 6.92 Å².